The second-order valence-corrected chi connectivity index (χ2v) is 5.78. The van der Waals surface area contributed by atoms with Crippen LogP contribution in [0.2, 0.25) is 0 Å². The third-order valence-corrected chi connectivity index (χ3v) is 4.15. The van der Waals surface area contributed by atoms with Gasteiger partial charge in [-0.15, -0.1) is 0 Å². The van der Waals surface area contributed by atoms with Gasteiger partial charge in [-0.1, -0.05) is 31.2 Å². The van der Waals surface area contributed by atoms with Gasteiger partial charge >= 0.3 is 0 Å². The van der Waals surface area contributed by atoms with E-state index in [1.165, 1.54) is 0 Å². The molecule has 0 unspecified atom stereocenters. The molecular formula is C19H21N3O3. The van der Waals surface area contributed by atoms with Gasteiger partial charge in [0, 0.05) is 18.8 Å². The van der Waals surface area contributed by atoms with Gasteiger partial charge in [0.15, 0.2) is 0 Å². The van der Waals surface area contributed by atoms with Crippen molar-refractivity contribution >= 4 is 17.5 Å². The summed E-state index contributed by atoms with van der Waals surface area (Å²) in [5.41, 5.74) is 2.32. The summed E-state index contributed by atoms with van der Waals surface area (Å²) in [6.07, 6.45) is 0.819. The van der Waals surface area contributed by atoms with E-state index in [9.17, 15) is 9.59 Å². The van der Waals surface area contributed by atoms with Crippen LogP contribution in [0.25, 0.3) is 0 Å². The molecule has 1 aromatic carbocycles. The molecule has 1 saturated heterocycles. The molecule has 1 aliphatic heterocycles. The fourth-order valence-electron chi connectivity index (χ4n) is 2.75. The minimum Gasteiger partial charge on any atom is -0.378 e. The lowest BCUT2D eigenvalue weighted by Crippen LogP contribution is -2.41. The van der Waals surface area contributed by atoms with E-state index >= 15 is 0 Å². The summed E-state index contributed by atoms with van der Waals surface area (Å²) in [6.45, 7) is 4.17. The third-order valence-electron chi connectivity index (χ3n) is 4.15. The minimum absolute atomic E-state index is 0.174. The molecule has 0 saturated carbocycles. The molecule has 6 nitrogen and oxygen atoms in total. The third kappa shape index (κ3) is 4.03. The van der Waals surface area contributed by atoms with Crippen LogP contribution in [-0.4, -0.2) is 48.0 Å². The number of pyridine rings is 1. The maximum Gasteiger partial charge on any atom is 0.274 e. The van der Waals surface area contributed by atoms with Crippen molar-refractivity contribution in [1.82, 2.24) is 9.88 Å². The van der Waals surface area contributed by atoms with Gasteiger partial charge in [-0.3, -0.25) is 9.59 Å². The van der Waals surface area contributed by atoms with Crippen LogP contribution in [-0.2, 0) is 11.2 Å². The number of aromatic nitrogens is 1. The van der Waals surface area contributed by atoms with Crippen molar-refractivity contribution in [2.45, 2.75) is 13.3 Å². The highest BCUT2D eigenvalue weighted by Gasteiger charge is 2.20. The van der Waals surface area contributed by atoms with Crippen molar-refractivity contribution in [2.24, 2.45) is 0 Å². The Labute approximate surface area is 146 Å². The zero-order valence-electron chi connectivity index (χ0n) is 14.2. The SMILES string of the molecule is CCc1ccccc1NC(=O)c1cccc(C(=O)N2CCOCC2)n1. The van der Waals surface area contributed by atoms with Gasteiger partial charge in [-0.2, -0.15) is 0 Å². The maximum absolute atomic E-state index is 12.5. The molecule has 2 heterocycles. The monoisotopic (exact) mass is 339 g/mol. The highest BCUT2D eigenvalue weighted by Crippen LogP contribution is 2.16. The number of nitrogens with one attached hydrogen (secondary N) is 1. The lowest BCUT2D eigenvalue weighted by molar-refractivity contribution is 0.0299. The summed E-state index contributed by atoms with van der Waals surface area (Å²) < 4.78 is 5.26. The highest BCUT2D eigenvalue weighted by atomic mass is 16.5. The first-order valence-corrected chi connectivity index (χ1v) is 8.42. The number of amides is 2. The molecule has 0 aliphatic carbocycles. The molecule has 1 fully saturated rings. The number of rotatable bonds is 4. The van der Waals surface area contributed by atoms with Gasteiger partial charge in [0.25, 0.3) is 11.8 Å². The van der Waals surface area contributed by atoms with E-state index in [1.807, 2.05) is 31.2 Å². The van der Waals surface area contributed by atoms with E-state index in [0.717, 1.165) is 17.7 Å². The van der Waals surface area contributed by atoms with Crippen LogP contribution in [0.4, 0.5) is 5.69 Å². The summed E-state index contributed by atoms with van der Waals surface area (Å²) in [6, 6.07) is 12.6. The maximum atomic E-state index is 12.5. The van der Waals surface area contributed by atoms with E-state index in [-0.39, 0.29) is 23.2 Å². The first kappa shape index (κ1) is 17.1. The van der Waals surface area contributed by atoms with Crippen LogP contribution in [0, 0.1) is 0 Å². The van der Waals surface area contributed by atoms with Gasteiger partial charge in [0.1, 0.15) is 11.4 Å². The zero-order chi connectivity index (χ0) is 17.6. The average molecular weight is 339 g/mol. The van der Waals surface area contributed by atoms with Gasteiger partial charge in [-0.25, -0.2) is 4.98 Å². The van der Waals surface area contributed by atoms with Crippen LogP contribution in [0.3, 0.4) is 0 Å². The molecule has 1 N–H and O–H groups in total. The topological polar surface area (TPSA) is 71.5 Å². The minimum atomic E-state index is -0.322. The summed E-state index contributed by atoms with van der Waals surface area (Å²) in [4.78, 5) is 31.0. The van der Waals surface area contributed by atoms with Crippen LogP contribution >= 0.6 is 0 Å². The largest absolute Gasteiger partial charge is 0.378 e. The second-order valence-electron chi connectivity index (χ2n) is 5.78. The molecule has 2 amide bonds. The molecule has 0 radical (unpaired) electrons. The van der Waals surface area contributed by atoms with E-state index in [1.54, 1.807) is 23.1 Å². The number of aryl methyl sites for hydroxylation is 1. The molecule has 1 aliphatic rings. The van der Waals surface area contributed by atoms with Crippen molar-refractivity contribution in [3.63, 3.8) is 0 Å². The molecule has 1 aromatic heterocycles. The Morgan fingerprint density at radius 1 is 1.08 bits per heavy atom. The summed E-state index contributed by atoms with van der Waals surface area (Å²) in [5.74, 6) is -0.496. The Balaban J connectivity index is 1.76. The fourth-order valence-corrected chi connectivity index (χ4v) is 2.75. The normalized spacial score (nSPS) is 14.2. The second kappa shape index (κ2) is 7.90. The van der Waals surface area contributed by atoms with Crippen LogP contribution < -0.4 is 5.32 Å². The Morgan fingerprint density at radius 3 is 2.56 bits per heavy atom. The first-order valence-electron chi connectivity index (χ1n) is 8.42. The van der Waals surface area contributed by atoms with Gasteiger partial charge in [0.05, 0.1) is 13.2 Å². The average Bonchev–Trinajstić information content (AvgIpc) is 2.68. The number of anilines is 1. The number of ether oxygens (including phenoxy) is 1. The standard InChI is InChI=1S/C19H21N3O3/c1-2-14-6-3-4-7-15(14)21-18(23)16-8-5-9-17(20-16)19(24)22-10-12-25-13-11-22/h3-9H,2,10-13H2,1H3,(H,21,23). The van der Waals surface area contributed by atoms with Crippen molar-refractivity contribution in [2.75, 3.05) is 31.6 Å². The number of hydrogen-bond acceptors (Lipinski definition) is 4. The lowest BCUT2D eigenvalue weighted by Gasteiger charge is -2.26. The molecule has 2 aromatic rings. The molecule has 130 valence electrons. The van der Waals surface area contributed by atoms with E-state index in [0.29, 0.717) is 26.3 Å². The highest BCUT2D eigenvalue weighted by molar-refractivity contribution is 6.04. The van der Waals surface area contributed by atoms with Crippen LogP contribution in [0.15, 0.2) is 42.5 Å². The van der Waals surface area contributed by atoms with Gasteiger partial charge in [-0.05, 0) is 30.2 Å². The van der Waals surface area contributed by atoms with Crippen molar-refractivity contribution in [1.29, 1.82) is 0 Å². The lowest BCUT2D eigenvalue weighted by atomic mass is 10.1. The quantitative estimate of drug-likeness (QED) is 0.928. The summed E-state index contributed by atoms with van der Waals surface area (Å²) in [5, 5.41) is 2.88. The number of nitrogens with zero attached hydrogens (tertiary/aromatic N) is 2. The molecule has 0 atom stereocenters. The van der Waals surface area contributed by atoms with Gasteiger partial charge < -0.3 is 15.0 Å². The number of hydrogen-bond donors (Lipinski definition) is 1. The molecule has 3 rings (SSSR count). The van der Waals surface area contributed by atoms with E-state index in [4.69, 9.17) is 4.74 Å². The fraction of sp³-hybridized carbons (Fsp3) is 0.316. The van der Waals surface area contributed by atoms with Crippen LogP contribution in [0.5, 0.6) is 0 Å². The number of para-hydroxylation sites is 1. The van der Waals surface area contributed by atoms with Crippen molar-refractivity contribution < 1.29 is 14.3 Å². The zero-order valence-corrected chi connectivity index (χ0v) is 14.2. The number of morpholine rings is 1. The Morgan fingerprint density at radius 2 is 1.80 bits per heavy atom. The van der Waals surface area contributed by atoms with Crippen molar-refractivity contribution in [3.8, 4) is 0 Å². The van der Waals surface area contributed by atoms with E-state index in [2.05, 4.69) is 10.3 Å². The number of benzene rings is 1. The summed E-state index contributed by atoms with van der Waals surface area (Å²) in [7, 11) is 0. The van der Waals surface area contributed by atoms with Gasteiger partial charge in [0.2, 0.25) is 0 Å². The molecular weight excluding hydrogens is 318 g/mol. The predicted molar refractivity (Wildman–Crippen MR) is 94.7 cm³/mol. The Hall–Kier alpha value is -2.73. The summed E-state index contributed by atoms with van der Waals surface area (Å²) >= 11 is 0. The predicted octanol–water partition coefficient (Wildman–Crippen LogP) is 2.37. The Bertz CT molecular complexity index is 770. The molecule has 6 heteroatoms. The molecule has 0 spiro atoms. The number of carbonyl (C=O) groups excluding carboxylic acids is 2. The first-order chi connectivity index (χ1) is 12.2. The number of carbonyl (C=O) groups is 2. The Kier molecular flexibility index (Phi) is 5.40. The van der Waals surface area contributed by atoms with E-state index < -0.39 is 0 Å². The van der Waals surface area contributed by atoms with Crippen LogP contribution in [0.1, 0.15) is 33.5 Å². The van der Waals surface area contributed by atoms with Crippen molar-refractivity contribution in [3.05, 3.63) is 59.4 Å². The smallest absolute Gasteiger partial charge is 0.274 e. The molecule has 25 heavy (non-hydrogen) atoms. The molecule has 0 bridgehead atoms.